The van der Waals surface area contributed by atoms with Crippen LogP contribution in [-0.4, -0.2) is 17.4 Å². The van der Waals surface area contributed by atoms with Gasteiger partial charge in [-0.3, -0.25) is 14.9 Å². The summed E-state index contributed by atoms with van der Waals surface area (Å²) in [7, 11) is 0. The highest BCUT2D eigenvalue weighted by Gasteiger charge is 2.06. The molecule has 1 N–H and O–H groups in total. The van der Waals surface area contributed by atoms with E-state index in [2.05, 4.69) is 5.32 Å². The summed E-state index contributed by atoms with van der Waals surface area (Å²) in [5.41, 5.74) is 0.856. The van der Waals surface area contributed by atoms with Crippen molar-refractivity contribution in [3.63, 3.8) is 0 Å². The van der Waals surface area contributed by atoms with Gasteiger partial charge >= 0.3 is 0 Å². The lowest BCUT2D eigenvalue weighted by Gasteiger charge is -2.07. The molecule has 1 amide bonds. The number of nitrogens with zero attached hydrogens (tertiary/aromatic N) is 1. The number of carbonyl (C=O) groups excluding carboxylic acids is 1. The molecule has 6 nitrogen and oxygen atoms in total. The van der Waals surface area contributed by atoms with Crippen LogP contribution in [0, 0.1) is 10.1 Å². The summed E-state index contributed by atoms with van der Waals surface area (Å²) >= 11 is 5.85. The molecule has 0 radical (unpaired) electrons. The Kier molecular flexibility index (Phi) is 5.32. The Labute approximate surface area is 131 Å². The van der Waals surface area contributed by atoms with E-state index in [9.17, 15) is 14.9 Å². The lowest BCUT2D eigenvalue weighted by molar-refractivity contribution is -0.384. The van der Waals surface area contributed by atoms with Crippen LogP contribution < -0.4 is 10.1 Å². The van der Waals surface area contributed by atoms with Crippen molar-refractivity contribution in [1.82, 2.24) is 5.32 Å². The first-order valence-electron chi connectivity index (χ1n) is 6.43. The number of hydrogen-bond donors (Lipinski definition) is 1. The van der Waals surface area contributed by atoms with E-state index < -0.39 is 4.92 Å². The van der Waals surface area contributed by atoms with Gasteiger partial charge in [0.25, 0.3) is 11.6 Å². The molecular formula is C15H13ClN2O4. The maximum Gasteiger partial charge on any atom is 0.269 e. The highest BCUT2D eigenvalue weighted by molar-refractivity contribution is 6.30. The van der Waals surface area contributed by atoms with Crippen molar-refractivity contribution in [1.29, 1.82) is 0 Å². The van der Waals surface area contributed by atoms with E-state index in [0.717, 1.165) is 5.56 Å². The molecule has 7 heteroatoms. The predicted molar refractivity (Wildman–Crippen MR) is 81.9 cm³/mol. The largest absolute Gasteiger partial charge is 0.484 e. The van der Waals surface area contributed by atoms with Gasteiger partial charge in [-0.15, -0.1) is 0 Å². The Balaban J connectivity index is 1.79. The second kappa shape index (κ2) is 7.42. The average Bonchev–Trinajstić information content (AvgIpc) is 2.51. The van der Waals surface area contributed by atoms with Crippen molar-refractivity contribution in [3.05, 3.63) is 69.2 Å². The molecule has 0 bridgehead atoms. The molecule has 0 aromatic heterocycles. The van der Waals surface area contributed by atoms with E-state index >= 15 is 0 Å². The molecule has 0 heterocycles. The number of carbonyl (C=O) groups is 1. The maximum atomic E-state index is 11.7. The van der Waals surface area contributed by atoms with Crippen LogP contribution in [0.25, 0.3) is 0 Å². The molecule has 0 spiro atoms. The van der Waals surface area contributed by atoms with Gasteiger partial charge in [-0.1, -0.05) is 23.7 Å². The third-order valence-corrected chi connectivity index (χ3v) is 3.03. The zero-order chi connectivity index (χ0) is 15.9. The topological polar surface area (TPSA) is 81.5 Å². The van der Waals surface area contributed by atoms with Crippen LogP contribution in [0.1, 0.15) is 5.56 Å². The summed E-state index contributed by atoms with van der Waals surface area (Å²) in [5.74, 6) is 0.0989. The summed E-state index contributed by atoms with van der Waals surface area (Å²) < 4.78 is 5.25. The SMILES string of the molecule is O=C(COc1ccc([N+](=O)[O-])cc1)NCc1cccc(Cl)c1. The molecule has 22 heavy (non-hydrogen) atoms. The number of halogens is 1. The Morgan fingerprint density at radius 3 is 2.59 bits per heavy atom. The number of benzene rings is 2. The first kappa shape index (κ1) is 15.8. The summed E-state index contributed by atoms with van der Waals surface area (Å²) in [4.78, 5) is 21.7. The van der Waals surface area contributed by atoms with Gasteiger partial charge in [0.15, 0.2) is 6.61 Å². The van der Waals surface area contributed by atoms with Gasteiger partial charge in [0.1, 0.15) is 5.75 Å². The molecule has 114 valence electrons. The molecule has 0 fully saturated rings. The molecule has 0 saturated carbocycles. The van der Waals surface area contributed by atoms with Crippen LogP contribution in [0.3, 0.4) is 0 Å². The summed E-state index contributed by atoms with van der Waals surface area (Å²) in [6.07, 6.45) is 0. The van der Waals surface area contributed by atoms with Crippen molar-refractivity contribution < 1.29 is 14.5 Å². The van der Waals surface area contributed by atoms with Gasteiger partial charge in [0.2, 0.25) is 0 Å². The van der Waals surface area contributed by atoms with Gasteiger partial charge in [-0.25, -0.2) is 0 Å². The Hall–Kier alpha value is -2.60. The van der Waals surface area contributed by atoms with Crippen LogP contribution in [0.15, 0.2) is 48.5 Å². The van der Waals surface area contributed by atoms with Gasteiger partial charge in [-0.05, 0) is 29.8 Å². The normalized spacial score (nSPS) is 10.0. The summed E-state index contributed by atoms with van der Waals surface area (Å²) in [6.45, 7) is 0.182. The van der Waals surface area contributed by atoms with Crippen molar-refractivity contribution in [2.75, 3.05) is 6.61 Å². The van der Waals surface area contributed by atoms with Gasteiger partial charge in [0.05, 0.1) is 4.92 Å². The number of nitro groups is 1. The van der Waals surface area contributed by atoms with Crippen molar-refractivity contribution in [2.24, 2.45) is 0 Å². The number of nitrogens with one attached hydrogen (secondary N) is 1. The number of hydrogen-bond acceptors (Lipinski definition) is 4. The standard InChI is InChI=1S/C15H13ClN2O4/c16-12-3-1-2-11(8-12)9-17-15(19)10-22-14-6-4-13(5-7-14)18(20)21/h1-8H,9-10H2,(H,17,19). The van der Waals surface area contributed by atoms with Crippen LogP contribution in [0.2, 0.25) is 5.02 Å². The lowest BCUT2D eigenvalue weighted by Crippen LogP contribution is -2.28. The van der Waals surface area contributed by atoms with E-state index in [1.807, 2.05) is 6.07 Å². The number of nitro benzene ring substituents is 1. The monoisotopic (exact) mass is 320 g/mol. The number of ether oxygens (including phenoxy) is 1. The van der Waals surface area contributed by atoms with Gasteiger partial charge in [0, 0.05) is 23.7 Å². The highest BCUT2D eigenvalue weighted by Crippen LogP contribution is 2.17. The minimum Gasteiger partial charge on any atom is -0.484 e. The van der Waals surface area contributed by atoms with E-state index in [0.29, 0.717) is 17.3 Å². The van der Waals surface area contributed by atoms with Crippen molar-refractivity contribution >= 4 is 23.2 Å². The zero-order valence-corrected chi connectivity index (χ0v) is 12.2. The lowest BCUT2D eigenvalue weighted by atomic mass is 10.2. The molecule has 0 unspecified atom stereocenters. The smallest absolute Gasteiger partial charge is 0.269 e. The third-order valence-electron chi connectivity index (χ3n) is 2.80. The minimum absolute atomic E-state index is 0.0299. The maximum absolute atomic E-state index is 11.7. The third kappa shape index (κ3) is 4.75. The van der Waals surface area contributed by atoms with Crippen LogP contribution >= 0.6 is 11.6 Å². The van der Waals surface area contributed by atoms with E-state index in [1.165, 1.54) is 24.3 Å². The van der Waals surface area contributed by atoms with E-state index in [1.54, 1.807) is 18.2 Å². The molecule has 0 aliphatic carbocycles. The van der Waals surface area contributed by atoms with Crippen LogP contribution in [0.5, 0.6) is 5.75 Å². The first-order valence-corrected chi connectivity index (χ1v) is 6.81. The second-order valence-electron chi connectivity index (χ2n) is 4.45. The highest BCUT2D eigenvalue weighted by atomic mass is 35.5. The van der Waals surface area contributed by atoms with Crippen LogP contribution in [-0.2, 0) is 11.3 Å². The Bertz CT molecular complexity index is 673. The predicted octanol–water partition coefficient (Wildman–Crippen LogP) is 2.94. The summed E-state index contributed by atoms with van der Waals surface area (Å²) in [5, 5.41) is 13.8. The fraction of sp³-hybridized carbons (Fsp3) is 0.133. The fourth-order valence-electron chi connectivity index (χ4n) is 1.71. The van der Waals surface area contributed by atoms with E-state index in [4.69, 9.17) is 16.3 Å². The second-order valence-corrected chi connectivity index (χ2v) is 4.88. The number of amides is 1. The molecule has 0 saturated heterocycles. The first-order chi connectivity index (χ1) is 10.5. The molecule has 2 aromatic rings. The Morgan fingerprint density at radius 2 is 1.95 bits per heavy atom. The molecule has 0 aliphatic rings. The molecule has 0 atom stereocenters. The fourth-order valence-corrected chi connectivity index (χ4v) is 1.92. The quantitative estimate of drug-likeness (QED) is 0.655. The molecule has 0 aliphatic heterocycles. The minimum atomic E-state index is -0.499. The van der Waals surface area contributed by atoms with E-state index in [-0.39, 0.29) is 18.2 Å². The average molecular weight is 321 g/mol. The van der Waals surface area contributed by atoms with Crippen LogP contribution in [0.4, 0.5) is 5.69 Å². The summed E-state index contributed by atoms with van der Waals surface area (Å²) in [6, 6.07) is 12.7. The number of non-ortho nitro benzene ring substituents is 1. The number of rotatable bonds is 6. The van der Waals surface area contributed by atoms with Gasteiger partial charge in [-0.2, -0.15) is 0 Å². The van der Waals surface area contributed by atoms with Gasteiger partial charge < -0.3 is 10.1 Å². The zero-order valence-electron chi connectivity index (χ0n) is 11.5. The molecule has 2 aromatic carbocycles. The molecule has 2 rings (SSSR count). The van der Waals surface area contributed by atoms with Crippen molar-refractivity contribution in [2.45, 2.75) is 6.54 Å². The molecular weight excluding hydrogens is 308 g/mol. The van der Waals surface area contributed by atoms with Crippen molar-refractivity contribution in [3.8, 4) is 5.75 Å². The Morgan fingerprint density at radius 1 is 1.23 bits per heavy atom.